The van der Waals surface area contributed by atoms with Gasteiger partial charge in [-0.2, -0.15) is 0 Å². The molecule has 16 atom stereocenters. The number of aliphatic hydroxyl groups is 5. The Bertz CT molecular complexity index is 1250. The molecule has 0 spiro atoms. The summed E-state index contributed by atoms with van der Waals surface area (Å²) in [6, 6.07) is 0. The molecule has 7 aliphatic rings. The predicted octanol–water partition coefficient (Wildman–Crippen LogP) is 2.14. The zero-order valence-electron chi connectivity index (χ0n) is 26.5. The summed E-state index contributed by atoms with van der Waals surface area (Å²) >= 11 is 0. The fourth-order valence-corrected chi connectivity index (χ4v) is 10.7. The average molecular weight is 619 g/mol. The quantitative estimate of drug-likeness (QED) is 0.228. The molecule has 0 amide bonds. The van der Waals surface area contributed by atoms with Crippen molar-refractivity contribution in [1.29, 1.82) is 0 Å². The molecular formula is C34H50O10. The standard InChI is InChI=1S/C34H50O10/c1-17(22-15-31(3)33(5,44-31)29(42-22)43-28-27(39)26(38)25(37)23(16-35)41-28)34(40)14-12-20-19-10-9-18-7-6-8-24(36)32(18,4)21(19)11-13-30(20,34)2/h6,8-9,17,19-23,25-29,35,37-40H,7,10-16H2,1-5H3/t17-,19+,20+,21+,22-,23-,25-,26+,27-,28+,29+,30+,31+,32+,33-,34+/m1/s1. The second kappa shape index (κ2) is 10.1. The minimum absolute atomic E-state index is 0.219. The van der Waals surface area contributed by atoms with Gasteiger partial charge in [0.15, 0.2) is 18.4 Å². The largest absolute Gasteiger partial charge is 0.394 e. The molecule has 44 heavy (non-hydrogen) atoms. The van der Waals surface area contributed by atoms with E-state index in [0.717, 1.165) is 32.1 Å². The van der Waals surface area contributed by atoms with Crippen LogP contribution < -0.4 is 0 Å². The van der Waals surface area contributed by atoms with Crippen molar-refractivity contribution < 1.29 is 49.3 Å². The van der Waals surface area contributed by atoms with E-state index in [9.17, 15) is 30.3 Å². The van der Waals surface area contributed by atoms with E-state index < -0.39 is 71.9 Å². The van der Waals surface area contributed by atoms with E-state index in [1.54, 1.807) is 6.08 Å². The van der Waals surface area contributed by atoms with E-state index in [1.807, 2.05) is 19.9 Å². The molecule has 2 saturated carbocycles. The number of carbonyl (C=O) groups is 1. The highest BCUT2D eigenvalue weighted by atomic mass is 16.8. The number of allylic oxidation sites excluding steroid dienone is 4. The van der Waals surface area contributed by atoms with Crippen LogP contribution in [-0.2, 0) is 23.7 Å². The van der Waals surface area contributed by atoms with Crippen LogP contribution in [0.5, 0.6) is 0 Å². The second-order valence-electron chi connectivity index (χ2n) is 15.7. The molecule has 0 bridgehead atoms. The molecule has 246 valence electrons. The summed E-state index contributed by atoms with van der Waals surface area (Å²) in [4.78, 5) is 13.3. The third kappa shape index (κ3) is 4.02. The fraction of sp³-hybridized carbons (Fsp3) is 0.853. The summed E-state index contributed by atoms with van der Waals surface area (Å²) in [5.74, 6) is 0.838. The van der Waals surface area contributed by atoms with Gasteiger partial charge in [-0.3, -0.25) is 4.79 Å². The Balaban J connectivity index is 1.12. The molecule has 5 N–H and O–H groups in total. The third-order valence-corrected chi connectivity index (χ3v) is 14.0. The van der Waals surface area contributed by atoms with Crippen LogP contribution in [0.1, 0.15) is 79.6 Å². The molecule has 3 saturated heterocycles. The maximum absolute atomic E-state index is 13.3. The molecule has 10 heteroatoms. The lowest BCUT2D eigenvalue weighted by Gasteiger charge is -2.59. The van der Waals surface area contributed by atoms with Crippen molar-refractivity contribution in [3.63, 3.8) is 0 Å². The van der Waals surface area contributed by atoms with E-state index in [0.29, 0.717) is 18.8 Å². The first-order chi connectivity index (χ1) is 20.6. The first kappa shape index (κ1) is 31.4. The Hall–Kier alpha value is -1.21. The highest BCUT2D eigenvalue weighted by molar-refractivity contribution is 5.98. The van der Waals surface area contributed by atoms with Crippen molar-refractivity contribution in [3.8, 4) is 0 Å². The van der Waals surface area contributed by atoms with Crippen LogP contribution in [-0.4, -0.2) is 97.8 Å². The Morgan fingerprint density at radius 1 is 1.02 bits per heavy atom. The first-order valence-electron chi connectivity index (χ1n) is 16.6. The molecule has 0 unspecified atom stereocenters. The van der Waals surface area contributed by atoms with E-state index in [-0.39, 0.29) is 29.0 Å². The number of rotatable bonds is 5. The molecule has 0 aromatic carbocycles. The summed E-state index contributed by atoms with van der Waals surface area (Å²) < 4.78 is 24.6. The van der Waals surface area contributed by atoms with Crippen LogP contribution >= 0.6 is 0 Å². The van der Waals surface area contributed by atoms with Crippen LogP contribution in [0, 0.1) is 34.5 Å². The molecule has 0 radical (unpaired) electrons. The Kier molecular flexibility index (Phi) is 7.24. The van der Waals surface area contributed by atoms with E-state index in [1.165, 1.54) is 5.57 Å². The van der Waals surface area contributed by atoms with E-state index in [2.05, 4.69) is 26.8 Å². The molecule has 4 aliphatic carbocycles. The third-order valence-electron chi connectivity index (χ3n) is 14.0. The average Bonchev–Trinajstić information content (AvgIpc) is 3.46. The van der Waals surface area contributed by atoms with Crippen molar-refractivity contribution in [2.24, 2.45) is 34.5 Å². The van der Waals surface area contributed by atoms with Crippen LogP contribution in [0.15, 0.2) is 23.8 Å². The topological polar surface area (TPSA) is 158 Å². The van der Waals surface area contributed by atoms with E-state index in [4.69, 9.17) is 18.9 Å². The number of ether oxygens (including phenoxy) is 4. The van der Waals surface area contributed by atoms with Crippen molar-refractivity contribution in [2.75, 3.05) is 6.61 Å². The zero-order chi connectivity index (χ0) is 31.6. The summed E-state index contributed by atoms with van der Waals surface area (Å²) in [5.41, 5.74) is -1.99. The number of fused-ring (bicyclic) bond motifs is 6. The fourth-order valence-electron chi connectivity index (χ4n) is 10.7. The Morgan fingerprint density at radius 3 is 2.48 bits per heavy atom. The van der Waals surface area contributed by atoms with Gasteiger partial charge < -0.3 is 44.5 Å². The van der Waals surface area contributed by atoms with Crippen LogP contribution in [0.25, 0.3) is 0 Å². The lowest BCUT2D eigenvalue weighted by Crippen LogP contribution is -2.62. The predicted molar refractivity (Wildman–Crippen MR) is 157 cm³/mol. The van der Waals surface area contributed by atoms with Gasteiger partial charge in [0.2, 0.25) is 0 Å². The van der Waals surface area contributed by atoms with Gasteiger partial charge in [-0.1, -0.05) is 31.6 Å². The SMILES string of the molecule is C[C@H]([C@H]1C[C@]2(C)O[C@]2(C)[C@H](O[C@@H]2O[C@H](CO)[C@@H](O)[C@H](O)[C@H]2O)O1)[C@@]1(O)CC[C@H]2[C@@H]3CC=C4CC=CC(=O)[C@]4(C)[C@H]3CC[C@@]21C. The smallest absolute Gasteiger partial charge is 0.192 e. The van der Waals surface area contributed by atoms with Gasteiger partial charge in [0.1, 0.15) is 35.6 Å². The van der Waals surface area contributed by atoms with Gasteiger partial charge in [0.25, 0.3) is 0 Å². The summed E-state index contributed by atoms with van der Waals surface area (Å²) in [7, 11) is 0. The van der Waals surface area contributed by atoms with Gasteiger partial charge in [-0.05, 0) is 88.5 Å². The van der Waals surface area contributed by atoms with Gasteiger partial charge in [-0.25, -0.2) is 0 Å². The zero-order valence-corrected chi connectivity index (χ0v) is 26.5. The normalized spacial score (nSPS) is 57.0. The van der Waals surface area contributed by atoms with Crippen molar-refractivity contribution in [3.05, 3.63) is 23.8 Å². The molecule has 7 rings (SSSR count). The summed E-state index contributed by atoms with van der Waals surface area (Å²) in [6.45, 7) is 9.75. The van der Waals surface area contributed by atoms with Gasteiger partial charge >= 0.3 is 0 Å². The molecule has 3 heterocycles. The maximum atomic E-state index is 13.3. The maximum Gasteiger partial charge on any atom is 0.192 e. The lowest BCUT2D eigenvalue weighted by molar-refractivity contribution is -0.356. The molecule has 10 nitrogen and oxygen atoms in total. The van der Waals surface area contributed by atoms with E-state index >= 15 is 0 Å². The number of hydrogen-bond donors (Lipinski definition) is 5. The number of ketones is 1. The minimum atomic E-state index is -1.57. The van der Waals surface area contributed by atoms with Gasteiger partial charge in [0.05, 0.1) is 23.7 Å². The number of epoxide rings is 1. The number of carbonyl (C=O) groups excluding carboxylic acids is 1. The van der Waals surface area contributed by atoms with Crippen LogP contribution in [0.3, 0.4) is 0 Å². The van der Waals surface area contributed by atoms with Crippen molar-refractivity contribution in [1.82, 2.24) is 0 Å². The first-order valence-corrected chi connectivity index (χ1v) is 16.6. The molecular weight excluding hydrogens is 568 g/mol. The summed E-state index contributed by atoms with van der Waals surface area (Å²) in [6.07, 6.45) is 3.22. The number of hydrogen-bond acceptors (Lipinski definition) is 10. The van der Waals surface area contributed by atoms with Gasteiger partial charge in [-0.15, -0.1) is 0 Å². The Morgan fingerprint density at radius 2 is 1.75 bits per heavy atom. The number of aliphatic hydroxyl groups excluding tert-OH is 4. The molecule has 0 aromatic rings. The van der Waals surface area contributed by atoms with Gasteiger partial charge in [0, 0.05) is 12.3 Å². The molecule has 3 aliphatic heterocycles. The second-order valence-corrected chi connectivity index (χ2v) is 15.7. The van der Waals surface area contributed by atoms with Crippen molar-refractivity contribution in [2.45, 2.75) is 139 Å². The lowest BCUT2D eigenvalue weighted by atomic mass is 9.46. The monoisotopic (exact) mass is 618 g/mol. The van der Waals surface area contributed by atoms with Crippen molar-refractivity contribution >= 4 is 5.78 Å². The highest BCUT2D eigenvalue weighted by Gasteiger charge is 2.75. The minimum Gasteiger partial charge on any atom is -0.394 e. The summed E-state index contributed by atoms with van der Waals surface area (Å²) in [5, 5.41) is 53.5. The molecule has 5 fully saturated rings. The van der Waals surface area contributed by atoms with Crippen LogP contribution in [0.2, 0.25) is 0 Å². The van der Waals surface area contributed by atoms with Crippen LogP contribution in [0.4, 0.5) is 0 Å². The molecule has 0 aromatic heterocycles. The highest BCUT2D eigenvalue weighted by Crippen LogP contribution is 2.69. The Labute approximate surface area is 259 Å².